The van der Waals surface area contributed by atoms with E-state index in [1.54, 1.807) is 6.20 Å². The number of hydrogen-bond donors (Lipinski definition) is 1. The predicted molar refractivity (Wildman–Crippen MR) is 82.2 cm³/mol. The first kappa shape index (κ1) is 17.3. The van der Waals surface area contributed by atoms with Crippen LogP contribution in [0.1, 0.15) is 31.5 Å². The summed E-state index contributed by atoms with van der Waals surface area (Å²) in [6.45, 7) is 1.09. The lowest BCUT2D eigenvalue weighted by Crippen LogP contribution is -2.42. The quantitative estimate of drug-likeness (QED) is 0.887. The Morgan fingerprint density at radius 1 is 1.50 bits per heavy atom. The van der Waals surface area contributed by atoms with Gasteiger partial charge in [0.25, 0.3) is 0 Å². The van der Waals surface area contributed by atoms with Gasteiger partial charge in [-0.2, -0.15) is 0 Å². The first-order valence-corrected chi connectivity index (χ1v) is 8.34. The molecule has 0 aromatic carbocycles. The van der Waals surface area contributed by atoms with Gasteiger partial charge < -0.3 is 9.88 Å². The summed E-state index contributed by atoms with van der Waals surface area (Å²) < 4.78 is 42.1. The molecule has 2 heterocycles. The molecular weight excluding hydrogens is 321 g/mol. The number of hydrogen-bond acceptors (Lipinski definition) is 3. The zero-order valence-corrected chi connectivity index (χ0v) is 13.7. The van der Waals surface area contributed by atoms with Crippen molar-refractivity contribution in [3.8, 4) is 0 Å². The molecular formula is C16H23F3N4O. The number of nitrogens with zero attached hydrogens (tertiary/aromatic N) is 3. The molecule has 3 rings (SSSR count). The summed E-state index contributed by atoms with van der Waals surface area (Å²) >= 11 is 0. The van der Waals surface area contributed by atoms with Gasteiger partial charge in [-0.3, -0.25) is 9.69 Å². The Bertz CT molecular complexity index is 592. The SMILES string of the molecule is Cn1ccnc1CN1C[C@@H](F)C[C@H]1CNC(=O)C1CCC(F)(F)C1. The normalized spacial score (nSPS) is 29.9. The van der Waals surface area contributed by atoms with Crippen LogP contribution in [0, 0.1) is 5.92 Å². The Balaban J connectivity index is 1.53. The summed E-state index contributed by atoms with van der Waals surface area (Å²) in [5.74, 6) is -2.88. The van der Waals surface area contributed by atoms with Crippen LogP contribution in [-0.2, 0) is 18.4 Å². The highest BCUT2D eigenvalue weighted by Crippen LogP contribution is 2.38. The average molecular weight is 344 g/mol. The molecule has 1 aliphatic carbocycles. The van der Waals surface area contributed by atoms with Crippen molar-refractivity contribution in [2.45, 2.75) is 50.4 Å². The van der Waals surface area contributed by atoms with E-state index in [1.165, 1.54) is 0 Å². The van der Waals surface area contributed by atoms with Gasteiger partial charge in [0.15, 0.2) is 0 Å². The predicted octanol–water partition coefficient (Wildman–Crippen LogP) is 1.88. The molecule has 24 heavy (non-hydrogen) atoms. The number of imidazole rings is 1. The highest BCUT2D eigenvalue weighted by molar-refractivity contribution is 5.79. The Hall–Kier alpha value is -1.57. The van der Waals surface area contributed by atoms with E-state index in [-0.39, 0.29) is 37.8 Å². The van der Waals surface area contributed by atoms with Crippen molar-refractivity contribution in [3.63, 3.8) is 0 Å². The van der Waals surface area contributed by atoms with Crippen LogP contribution in [0.3, 0.4) is 0 Å². The lowest BCUT2D eigenvalue weighted by molar-refractivity contribution is -0.126. The van der Waals surface area contributed by atoms with E-state index in [0.29, 0.717) is 19.5 Å². The first-order chi connectivity index (χ1) is 11.3. The van der Waals surface area contributed by atoms with Crippen molar-refractivity contribution in [2.24, 2.45) is 13.0 Å². The molecule has 1 aromatic heterocycles. The van der Waals surface area contributed by atoms with Crippen molar-refractivity contribution in [3.05, 3.63) is 18.2 Å². The number of carbonyl (C=O) groups is 1. The Kier molecular flexibility index (Phi) is 4.85. The van der Waals surface area contributed by atoms with Crippen molar-refractivity contribution < 1.29 is 18.0 Å². The highest BCUT2D eigenvalue weighted by atomic mass is 19.3. The lowest BCUT2D eigenvalue weighted by Gasteiger charge is -2.24. The summed E-state index contributed by atoms with van der Waals surface area (Å²) in [7, 11) is 1.88. The standard InChI is InChI=1S/C16H23F3N4O/c1-22-5-4-20-14(22)10-23-9-12(17)6-13(23)8-21-15(24)11-2-3-16(18,19)7-11/h4-5,11-13H,2-3,6-10H2,1H3,(H,21,24)/t11?,12-,13-/m0/s1. The number of alkyl halides is 3. The minimum atomic E-state index is -2.73. The smallest absolute Gasteiger partial charge is 0.248 e. The molecule has 1 aromatic rings. The zero-order valence-electron chi connectivity index (χ0n) is 13.7. The van der Waals surface area contributed by atoms with Crippen molar-refractivity contribution in [1.82, 2.24) is 19.8 Å². The van der Waals surface area contributed by atoms with Crippen LogP contribution < -0.4 is 5.32 Å². The minimum absolute atomic E-state index is 0.137. The van der Waals surface area contributed by atoms with Crippen LogP contribution in [-0.4, -0.2) is 51.6 Å². The second-order valence-electron chi connectivity index (χ2n) is 6.91. The molecule has 134 valence electrons. The van der Waals surface area contributed by atoms with E-state index in [0.717, 1.165) is 5.82 Å². The third kappa shape index (κ3) is 3.91. The maximum absolute atomic E-state index is 13.8. The molecule has 3 atom stereocenters. The molecule has 1 N–H and O–H groups in total. The van der Waals surface area contributed by atoms with Gasteiger partial charge in [-0.15, -0.1) is 0 Å². The van der Waals surface area contributed by atoms with Crippen LogP contribution in [0.2, 0.25) is 0 Å². The molecule has 1 saturated heterocycles. The van der Waals surface area contributed by atoms with Gasteiger partial charge in [0.1, 0.15) is 12.0 Å². The summed E-state index contributed by atoms with van der Waals surface area (Å²) in [6, 6.07) is -0.137. The van der Waals surface area contributed by atoms with Gasteiger partial charge in [-0.1, -0.05) is 0 Å². The first-order valence-electron chi connectivity index (χ1n) is 8.34. The minimum Gasteiger partial charge on any atom is -0.354 e. The number of nitrogens with one attached hydrogen (secondary N) is 1. The molecule has 1 saturated carbocycles. The van der Waals surface area contributed by atoms with E-state index in [1.807, 2.05) is 22.7 Å². The Morgan fingerprint density at radius 2 is 2.29 bits per heavy atom. The van der Waals surface area contributed by atoms with Crippen LogP contribution in [0.15, 0.2) is 12.4 Å². The van der Waals surface area contributed by atoms with E-state index in [9.17, 15) is 18.0 Å². The van der Waals surface area contributed by atoms with Crippen molar-refractivity contribution in [2.75, 3.05) is 13.1 Å². The summed E-state index contributed by atoms with van der Waals surface area (Å²) in [6.07, 6.45) is 2.52. The van der Waals surface area contributed by atoms with Crippen molar-refractivity contribution >= 4 is 5.91 Å². The maximum atomic E-state index is 13.8. The molecule has 2 fully saturated rings. The highest BCUT2D eigenvalue weighted by Gasteiger charge is 2.42. The fraction of sp³-hybridized carbons (Fsp3) is 0.750. The number of rotatable bonds is 5. The number of halogens is 3. The summed E-state index contributed by atoms with van der Waals surface area (Å²) in [5, 5.41) is 2.74. The number of amides is 1. The van der Waals surface area contributed by atoms with Gasteiger partial charge in [-0.05, 0) is 12.8 Å². The molecule has 0 radical (unpaired) electrons. The molecule has 1 amide bonds. The van der Waals surface area contributed by atoms with Gasteiger partial charge in [-0.25, -0.2) is 18.2 Å². The lowest BCUT2D eigenvalue weighted by atomic mass is 10.1. The third-order valence-electron chi connectivity index (χ3n) is 5.03. The van der Waals surface area contributed by atoms with Crippen LogP contribution in [0.4, 0.5) is 13.2 Å². The molecule has 1 unspecified atom stereocenters. The number of likely N-dealkylation sites (tertiary alicyclic amines) is 1. The maximum Gasteiger partial charge on any atom is 0.248 e. The summed E-state index contributed by atoms with van der Waals surface area (Å²) in [5.41, 5.74) is 0. The number of carbonyl (C=O) groups excluding carboxylic acids is 1. The van der Waals surface area contributed by atoms with Gasteiger partial charge in [0.2, 0.25) is 11.8 Å². The Morgan fingerprint density at radius 3 is 2.92 bits per heavy atom. The fourth-order valence-corrected chi connectivity index (χ4v) is 3.60. The molecule has 1 aliphatic heterocycles. The second-order valence-corrected chi connectivity index (χ2v) is 6.91. The van der Waals surface area contributed by atoms with Crippen LogP contribution >= 0.6 is 0 Å². The van der Waals surface area contributed by atoms with E-state index >= 15 is 0 Å². The average Bonchev–Trinajstić information content (AvgIpc) is 3.17. The molecule has 5 nitrogen and oxygen atoms in total. The van der Waals surface area contributed by atoms with Gasteiger partial charge >= 0.3 is 0 Å². The largest absolute Gasteiger partial charge is 0.354 e. The molecule has 8 heteroatoms. The Labute approximate surface area is 139 Å². The number of aryl methyl sites for hydroxylation is 1. The monoisotopic (exact) mass is 344 g/mol. The van der Waals surface area contributed by atoms with Crippen LogP contribution in [0.25, 0.3) is 0 Å². The number of aromatic nitrogens is 2. The molecule has 2 aliphatic rings. The van der Waals surface area contributed by atoms with Gasteiger partial charge in [0, 0.05) is 57.3 Å². The molecule has 0 bridgehead atoms. The fourth-order valence-electron chi connectivity index (χ4n) is 3.60. The van der Waals surface area contributed by atoms with E-state index in [2.05, 4.69) is 10.3 Å². The van der Waals surface area contributed by atoms with Crippen molar-refractivity contribution in [1.29, 1.82) is 0 Å². The zero-order chi connectivity index (χ0) is 17.3. The molecule has 0 spiro atoms. The van der Waals surface area contributed by atoms with E-state index < -0.39 is 18.0 Å². The van der Waals surface area contributed by atoms with E-state index in [4.69, 9.17) is 0 Å². The van der Waals surface area contributed by atoms with Crippen LogP contribution in [0.5, 0.6) is 0 Å². The van der Waals surface area contributed by atoms with Gasteiger partial charge in [0.05, 0.1) is 6.54 Å². The third-order valence-corrected chi connectivity index (χ3v) is 5.03. The summed E-state index contributed by atoms with van der Waals surface area (Å²) in [4.78, 5) is 18.3. The topological polar surface area (TPSA) is 50.2 Å². The second kappa shape index (κ2) is 6.74.